The van der Waals surface area contributed by atoms with E-state index in [0.717, 1.165) is 38.4 Å². The van der Waals surface area contributed by atoms with Crippen LogP contribution in [0.3, 0.4) is 0 Å². The number of nitrogens with one attached hydrogen (secondary N) is 1. The van der Waals surface area contributed by atoms with Crippen molar-refractivity contribution in [2.24, 2.45) is 0 Å². The average molecular weight is 285 g/mol. The largest absolute Gasteiger partial charge is 0.362 e. The van der Waals surface area contributed by atoms with E-state index in [0.29, 0.717) is 6.04 Å². The van der Waals surface area contributed by atoms with E-state index in [1.165, 1.54) is 11.3 Å². The molecule has 5 heteroatoms. The maximum atomic E-state index is 4.45. The molecule has 1 aliphatic rings. The molecule has 0 bridgehead atoms. The van der Waals surface area contributed by atoms with Crippen LogP contribution in [-0.2, 0) is 19.6 Å². The Morgan fingerprint density at radius 2 is 2.19 bits per heavy atom. The highest BCUT2D eigenvalue weighted by Crippen LogP contribution is 2.24. The average Bonchev–Trinajstić information content (AvgIpc) is 2.85. The van der Waals surface area contributed by atoms with Gasteiger partial charge in [0.15, 0.2) is 0 Å². The van der Waals surface area contributed by atoms with Gasteiger partial charge in [0.2, 0.25) is 0 Å². The van der Waals surface area contributed by atoms with Crippen molar-refractivity contribution in [2.45, 2.75) is 45.9 Å². The molecule has 0 aliphatic carbocycles. The van der Waals surface area contributed by atoms with Crippen molar-refractivity contribution in [1.82, 2.24) is 20.1 Å². The number of hydrogen-bond acceptors (Lipinski definition) is 4. The monoisotopic (exact) mass is 285 g/mol. The topological polar surface area (TPSA) is 46.0 Å². The van der Waals surface area contributed by atoms with Gasteiger partial charge >= 0.3 is 0 Å². The minimum Gasteiger partial charge on any atom is -0.362 e. The Kier molecular flexibility index (Phi) is 4.20. The van der Waals surface area contributed by atoms with Crippen molar-refractivity contribution in [2.75, 3.05) is 11.4 Å². The summed E-state index contributed by atoms with van der Waals surface area (Å²) >= 11 is 0. The fourth-order valence-corrected chi connectivity index (χ4v) is 2.88. The maximum Gasteiger partial charge on any atom is 0.146 e. The van der Waals surface area contributed by atoms with Gasteiger partial charge in [0.05, 0.1) is 6.54 Å². The van der Waals surface area contributed by atoms with Crippen LogP contribution < -0.4 is 10.2 Å². The zero-order chi connectivity index (χ0) is 14.7. The second-order valence-electron chi connectivity index (χ2n) is 5.69. The van der Waals surface area contributed by atoms with Gasteiger partial charge in [-0.25, -0.2) is 9.67 Å². The van der Waals surface area contributed by atoms with Gasteiger partial charge in [-0.05, 0) is 25.0 Å². The van der Waals surface area contributed by atoms with Crippen molar-refractivity contribution in [3.05, 3.63) is 42.0 Å². The number of fused-ring (bicyclic) bond motifs is 1. The fourth-order valence-electron chi connectivity index (χ4n) is 2.88. The summed E-state index contributed by atoms with van der Waals surface area (Å²) < 4.78 is 2.02. The molecule has 0 amide bonds. The normalized spacial score (nSPS) is 18.4. The van der Waals surface area contributed by atoms with Crippen LogP contribution in [0.2, 0.25) is 0 Å². The molecule has 3 rings (SSSR count). The summed E-state index contributed by atoms with van der Waals surface area (Å²) in [6.07, 6.45) is 2.74. The van der Waals surface area contributed by atoms with E-state index < -0.39 is 0 Å². The lowest BCUT2D eigenvalue weighted by atomic mass is 10.1. The van der Waals surface area contributed by atoms with Crippen LogP contribution >= 0.6 is 0 Å². The zero-order valence-electron chi connectivity index (χ0n) is 12.8. The highest BCUT2D eigenvalue weighted by molar-refractivity contribution is 5.54. The number of aryl methyl sites for hydroxylation is 1. The molecule has 5 nitrogen and oxygen atoms in total. The van der Waals surface area contributed by atoms with Crippen LogP contribution in [0.1, 0.15) is 31.7 Å². The van der Waals surface area contributed by atoms with Crippen molar-refractivity contribution in [1.29, 1.82) is 0 Å². The van der Waals surface area contributed by atoms with Crippen LogP contribution in [0.15, 0.2) is 30.6 Å². The van der Waals surface area contributed by atoms with E-state index >= 15 is 0 Å². The van der Waals surface area contributed by atoms with Gasteiger partial charge in [-0.15, -0.1) is 0 Å². The second-order valence-corrected chi connectivity index (χ2v) is 5.69. The van der Waals surface area contributed by atoms with Gasteiger partial charge in [0, 0.05) is 31.4 Å². The Balaban J connectivity index is 1.87. The Morgan fingerprint density at radius 3 is 3.05 bits per heavy atom. The first kappa shape index (κ1) is 14.1. The Morgan fingerprint density at radius 1 is 1.33 bits per heavy atom. The van der Waals surface area contributed by atoms with Crippen LogP contribution in [0, 0.1) is 0 Å². The molecule has 112 valence electrons. The van der Waals surface area contributed by atoms with Crippen LogP contribution in [0.5, 0.6) is 0 Å². The summed E-state index contributed by atoms with van der Waals surface area (Å²) in [4.78, 5) is 6.86. The van der Waals surface area contributed by atoms with E-state index in [1.807, 2.05) is 4.68 Å². The molecule has 1 atom stereocenters. The molecule has 0 fully saturated rings. The molecule has 2 heterocycles. The Hall–Kier alpha value is -1.88. The maximum absolute atomic E-state index is 4.45. The first-order valence-electron chi connectivity index (χ1n) is 7.71. The van der Waals surface area contributed by atoms with Crippen molar-refractivity contribution < 1.29 is 0 Å². The van der Waals surface area contributed by atoms with Crippen LogP contribution in [0.4, 0.5) is 5.69 Å². The number of anilines is 1. The van der Waals surface area contributed by atoms with E-state index in [-0.39, 0.29) is 0 Å². The lowest BCUT2D eigenvalue weighted by Gasteiger charge is -2.26. The lowest BCUT2D eigenvalue weighted by Crippen LogP contribution is -2.36. The van der Waals surface area contributed by atoms with E-state index in [1.54, 1.807) is 6.33 Å². The van der Waals surface area contributed by atoms with Gasteiger partial charge < -0.3 is 10.2 Å². The molecule has 1 N–H and O–H groups in total. The number of benzene rings is 1. The summed E-state index contributed by atoms with van der Waals surface area (Å²) in [5, 5.41) is 7.90. The minimum absolute atomic E-state index is 0.458. The predicted molar refractivity (Wildman–Crippen MR) is 84.1 cm³/mol. The van der Waals surface area contributed by atoms with E-state index in [2.05, 4.69) is 58.4 Å². The molecule has 2 aromatic rings. The molecule has 0 radical (unpaired) electrons. The molecule has 1 aliphatic heterocycles. The van der Waals surface area contributed by atoms with Gasteiger partial charge in [0.25, 0.3) is 0 Å². The van der Waals surface area contributed by atoms with Crippen molar-refractivity contribution >= 4 is 5.69 Å². The summed E-state index contributed by atoms with van der Waals surface area (Å²) in [6, 6.07) is 9.08. The minimum atomic E-state index is 0.458. The molecular weight excluding hydrogens is 262 g/mol. The van der Waals surface area contributed by atoms with Crippen LogP contribution in [-0.4, -0.2) is 27.4 Å². The SMILES string of the molecule is CCCn1ncnc1CN1CC(C)NCc2ccccc21. The molecule has 0 saturated carbocycles. The summed E-state index contributed by atoms with van der Waals surface area (Å²) in [5.41, 5.74) is 2.66. The summed E-state index contributed by atoms with van der Waals surface area (Å²) in [7, 11) is 0. The standard InChI is InChI=1S/C16H23N5/c1-3-8-21-16(18-12-19-21)11-20-10-13(2)17-9-14-6-4-5-7-15(14)20/h4-7,12-13,17H,3,8-11H2,1-2H3. The van der Waals surface area contributed by atoms with Gasteiger partial charge in [-0.1, -0.05) is 25.1 Å². The number of nitrogens with zero attached hydrogens (tertiary/aromatic N) is 4. The first-order chi connectivity index (χ1) is 10.3. The third-order valence-electron chi connectivity index (χ3n) is 3.93. The molecule has 21 heavy (non-hydrogen) atoms. The van der Waals surface area contributed by atoms with E-state index in [4.69, 9.17) is 0 Å². The number of hydrogen-bond donors (Lipinski definition) is 1. The van der Waals surface area contributed by atoms with Crippen molar-refractivity contribution in [3.8, 4) is 0 Å². The molecule has 1 aromatic carbocycles. The summed E-state index contributed by atoms with van der Waals surface area (Å²) in [5.74, 6) is 1.04. The summed E-state index contributed by atoms with van der Waals surface area (Å²) in [6.45, 7) is 8.04. The molecule has 1 aromatic heterocycles. The number of rotatable bonds is 4. The first-order valence-corrected chi connectivity index (χ1v) is 7.71. The zero-order valence-corrected chi connectivity index (χ0v) is 12.8. The third kappa shape index (κ3) is 3.08. The molecule has 1 unspecified atom stereocenters. The van der Waals surface area contributed by atoms with Gasteiger partial charge in [-0.2, -0.15) is 5.10 Å². The number of para-hydroxylation sites is 1. The molecular formula is C16H23N5. The lowest BCUT2D eigenvalue weighted by molar-refractivity contribution is 0.531. The molecule has 0 spiro atoms. The van der Waals surface area contributed by atoms with Crippen LogP contribution in [0.25, 0.3) is 0 Å². The highest BCUT2D eigenvalue weighted by Gasteiger charge is 2.20. The van der Waals surface area contributed by atoms with Gasteiger partial charge in [-0.3, -0.25) is 0 Å². The van der Waals surface area contributed by atoms with Crippen molar-refractivity contribution in [3.63, 3.8) is 0 Å². The number of aromatic nitrogens is 3. The fraction of sp³-hybridized carbons (Fsp3) is 0.500. The smallest absolute Gasteiger partial charge is 0.146 e. The quantitative estimate of drug-likeness (QED) is 0.935. The van der Waals surface area contributed by atoms with E-state index in [9.17, 15) is 0 Å². The third-order valence-corrected chi connectivity index (χ3v) is 3.93. The Labute approximate surface area is 126 Å². The predicted octanol–water partition coefficient (Wildman–Crippen LogP) is 2.19. The second kappa shape index (κ2) is 6.26. The van der Waals surface area contributed by atoms with Gasteiger partial charge in [0.1, 0.15) is 12.2 Å². The molecule has 0 saturated heterocycles. The Bertz CT molecular complexity index is 592. The highest BCUT2D eigenvalue weighted by atomic mass is 15.3.